The normalized spacial score (nSPS) is 47.0. The first-order valence-corrected chi connectivity index (χ1v) is 4.56. The summed E-state index contributed by atoms with van der Waals surface area (Å²) in [5.41, 5.74) is 0. The van der Waals surface area contributed by atoms with E-state index in [0.29, 0.717) is 6.42 Å². The fourth-order valence-electron chi connectivity index (χ4n) is 2.21. The molecule has 0 bridgehead atoms. The molecule has 0 spiro atoms. The Labute approximate surface area is 71.7 Å². The lowest BCUT2D eigenvalue weighted by molar-refractivity contribution is -0.148. The number of hydrogen-bond acceptors (Lipinski definition) is 3. The van der Waals surface area contributed by atoms with E-state index in [2.05, 4.69) is 0 Å². The number of aliphatic hydroxyl groups excluding tert-OH is 1. The van der Waals surface area contributed by atoms with E-state index in [0.717, 1.165) is 12.8 Å². The molecule has 1 N–H and O–H groups in total. The minimum atomic E-state index is -0.435. The zero-order valence-electron chi connectivity index (χ0n) is 7.19. The van der Waals surface area contributed by atoms with Gasteiger partial charge in [0.2, 0.25) is 0 Å². The molecule has 1 heterocycles. The molecule has 0 amide bonds. The monoisotopic (exact) mass is 170 g/mol. The molecule has 1 saturated carbocycles. The zero-order chi connectivity index (χ0) is 8.72. The van der Waals surface area contributed by atoms with Crippen molar-refractivity contribution in [2.75, 3.05) is 0 Å². The summed E-state index contributed by atoms with van der Waals surface area (Å²) in [5, 5.41) is 9.69. The van der Waals surface area contributed by atoms with Crippen molar-refractivity contribution in [3.8, 4) is 0 Å². The van der Waals surface area contributed by atoms with Gasteiger partial charge in [0.05, 0.1) is 12.5 Å². The third-order valence-electron chi connectivity index (χ3n) is 3.07. The second-order valence-electron chi connectivity index (χ2n) is 3.96. The van der Waals surface area contributed by atoms with Crippen molar-refractivity contribution in [2.45, 2.75) is 38.4 Å². The lowest BCUT2D eigenvalue weighted by Crippen LogP contribution is -2.40. The fraction of sp³-hybridized carbons (Fsp3) is 0.889. The van der Waals surface area contributed by atoms with Crippen LogP contribution in [-0.2, 0) is 9.53 Å². The Morgan fingerprint density at radius 2 is 2.25 bits per heavy atom. The average Bonchev–Trinajstić information content (AvgIpc) is 2.39. The summed E-state index contributed by atoms with van der Waals surface area (Å²) in [4.78, 5) is 10.9. The SMILES string of the molecule is CC1CCC2CC(=O)OC2C1O. The first-order chi connectivity index (χ1) is 5.68. The maximum Gasteiger partial charge on any atom is 0.306 e. The van der Waals surface area contributed by atoms with Gasteiger partial charge in [-0.15, -0.1) is 0 Å². The molecule has 2 aliphatic rings. The predicted octanol–water partition coefficient (Wildman–Crippen LogP) is 0.709. The topological polar surface area (TPSA) is 46.5 Å². The molecule has 4 atom stereocenters. The van der Waals surface area contributed by atoms with Crippen LogP contribution in [0.2, 0.25) is 0 Å². The van der Waals surface area contributed by atoms with Crippen LogP contribution in [0.25, 0.3) is 0 Å². The first-order valence-electron chi connectivity index (χ1n) is 4.56. The summed E-state index contributed by atoms with van der Waals surface area (Å²) in [6, 6.07) is 0. The van der Waals surface area contributed by atoms with Gasteiger partial charge in [0, 0.05) is 5.92 Å². The Morgan fingerprint density at radius 1 is 1.50 bits per heavy atom. The molecule has 0 aromatic carbocycles. The molecule has 1 aliphatic heterocycles. The van der Waals surface area contributed by atoms with Crippen molar-refractivity contribution in [2.24, 2.45) is 11.8 Å². The summed E-state index contributed by atoms with van der Waals surface area (Å²) < 4.78 is 5.06. The van der Waals surface area contributed by atoms with Crippen molar-refractivity contribution in [3.63, 3.8) is 0 Å². The summed E-state index contributed by atoms with van der Waals surface area (Å²) in [6.07, 6.45) is 1.90. The predicted molar refractivity (Wildman–Crippen MR) is 42.4 cm³/mol. The summed E-state index contributed by atoms with van der Waals surface area (Å²) >= 11 is 0. The maximum atomic E-state index is 10.9. The molecule has 2 rings (SSSR count). The molecule has 0 radical (unpaired) electrons. The van der Waals surface area contributed by atoms with Gasteiger partial charge < -0.3 is 9.84 Å². The van der Waals surface area contributed by atoms with Crippen LogP contribution in [0.5, 0.6) is 0 Å². The second-order valence-corrected chi connectivity index (χ2v) is 3.96. The highest BCUT2D eigenvalue weighted by molar-refractivity contribution is 5.72. The lowest BCUT2D eigenvalue weighted by Gasteiger charge is -2.32. The Kier molecular flexibility index (Phi) is 1.83. The van der Waals surface area contributed by atoms with E-state index in [9.17, 15) is 9.90 Å². The standard InChI is InChI=1S/C9H14O3/c1-5-2-3-6-4-7(10)12-9(6)8(5)11/h5-6,8-9,11H,2-4H2,1H3. The van der Waals surface area contributed by atoms with E-state index in [1.807, 2.05) is 6.92 Å². The Morgan fingerprint density at radius 3 is 3.00 bits per heavy atom. The van der Waals surface area contributed by atoms with E-state index >= 15 is 0 Å². The Hall–Kier alpha value is -0.570. The van der Waals surface area contributed by atoms with Crippen molar-refractivity contribution in [1.82, 2.24) is 0 Å². The van der Waals surface area contributed by atoms with Gasteiger partial charge in [0.15, 0.2) is 0 Å². The molecular formula is C9H14O3. The molecule has 3 heteroatoms. The van der Waals surface area contributed by atoms with Gasteiger partial charge in [0.1, 0.15) is 6.10 Å². The lowest BCUT2D eigenvalue weighted by atomic mass is 9.78. The molecule has 1 aliphatic carbocycles. The van der Waals surface area contributed by atoms with Crippen LogP contribution in [0.1, 0.15) is 26.2 Å². The number of aliphatic hydroxyl groups is 1. The molecule has 4 unspecified atom stereocenters. The van der Waals surface area contributed by atoms with Crippen LogP contribution in [-0.4, -0.2) is 23.3 Å². The third kappa shape index (κ3) is 1.12. The van der Waals surface area contributed by atoms with Gasteiger partial charge >= 0.3 is 5.97 Å². The van der Waals surface area contributed by atoms with Crippen LogP contribution in [0.3, 0.4) is 0 Å². The Bertz CT molecular complexity index is 202. The number of esters is 1. The summed E-state index contributed by atoms with van der Waals surface area (Å²) in [6.45, 7) is 2.01. The maximum absolute atomic E-state index is 10.9. The molecular weight excluding hydrogens is 156 g/mol. The van der Waals surface area contributed by atoms with Crippen molar-refractivity contribution in [3.05, 3.63) is 0 Å². The first kappa shape index (κ1) is 8.05. The minimum absolute atomic E-state index is 0.141. The van der Waals surface area contributed by atoms with Gasteiger partial charge in [-0.3, -0.25) is 4.79 Å². The largest absolute Gasteiger partial charge is 0.459 e. The third-order valence-corrected chi connectivity index (χ3v) is 3.07. The second kappa shape index (κ2) is 2.73. The Balaban J connectivity index is 2.11. The van der Waals surface area contributed by atoms with Crippen LogP contribution < -0.4 is 0 Å². The van der Waals surface area contributed by atoms with E-state index < -0.39 is 6.10 Å². The van der Waals surface area contributed by atoms with E-state index in [-0.39, 0.29) is 23.9 Å². The van der Waals surface area contributed by atoms with Gasteiger partial charge in [-0.2, -0.15) is 0 Å². The van der Waals surface area contributed by atoms with Crippen LogP contribution in [0, 0.1) is 11.8 Å². The number of carbonyl (C=O) groups is 1. The number of carbonyl (C=O) groups excluding carboxylic acids is 1. The number of ether oxygens (including phenoxy) is 1. The van der Waals surface area contributed by atoms with Crippen LogP contribution in [0.15, 0.2) is 0 Å². The highest BCUT2D eigenvalue weighted by Crippen LogP contribution is 2.37. The fourth-order valence-corrected chi connectivity index (χ4v) is 2.21. The van der Waals surface area contributed by atoms with Crippen LogP contribution >= 0.6 is 0 Å². The van der Waals surface area contributed by atoms with Gasteiger partial charge in [-0.1, -0.05) is 6.92 Å². The van der Waals surface area contributed by atoms with E-state index in [1.165, 1.54) is 0 Å². The average molecular weight is 170 g/mol. The van der Waals surface area contributed by atoms with Gasteiger partial charge in [-0.25, -0.2) is 0 Å². The van der Waals surface area contributed by atoms with Gasteiger partial charge in [-0.05, 0) is 18.8 Å². The van der Waals surface area contributed by atoms with Crippen molar-refractivity contribution < 1.29 is 14.6 Å². The molecule has 3 nitrogen and oxygen atoms in total. The number of hydrogen-bond donors (Lipinski definition) is 1. The van der Waals surface area contributed by atoms with E-state index in [1.54, 1.807) is 0 Å². The quantitative estimate of drug-likeness (QED) is 0.544. The summed E-state index contributed by atoms with van der Waals surface area (Å²) in [7, 11) is 0. The van der Waals surface area contributed by atoms with Crippen molar-refractivity contribution in [1.29, 1.82) is 0 Å². The van der Waals surface area contributed by atoms with Crippen LogP contribution in [0.4, 0.5) is 0 Å². The minimum Gasteiger partial charge on any atom is -0.459 e. The number of fused-ring (bicyclic) bond motifs is 1. The summed E-state index contributed by atoms with van der Waals surface area (Å²) in [5.74, 6) is 0.416. The molecule has 12 heavy (non-hydrogen) atoms. The van der Waals surface area contributed by atoms with Crippen molar-refractivity contribution >= 4 is 5.97 Å². The molecule has 2 fully saturated rings. The molecule has 68 valence electrons. The molecule has 0 aromatic rings. The molecule has 0 aromatic heterocycles. The highest BCUT2D eigenvalue weighted by atomic mass is 16.6. The smallest absolute Gasteiger partial charge is 0.306 e. The highest BCUT2D eigenvalue weighted by Gasteiger charge is 2.44. The number of rotatable bonds is 0. The van der Waals surface area contributed by atoms with E-state index in [4.69, 9.17) is 4.74 Å². The molecule has 1 saturated heterocycles. The van der Waals surface area contributed by atoms with Gasteiger partial charge in [0.25, 0.3) is 0 Å². The zero-order valence-corrected chi connectivity index (χ0v) is 7.19.